The number of carboxylic acids is 1. The number of aliphatic hydroxyl groups is 1. The zero-order valence-corrected chi connectivity index (χ0v) is 10.6. The Morgan fingerprint density at radius 3 is 2.42 bits per heavy atom. The zero-order valence-electron chi connectivity index (χ0n) is 10.6. The van der Waals surface area contributed by atoms with Gasteiger partial charge >= 0.3 is 5.97 Å². The number of benzene rings is 1. The van der Waals surface area contributed by atoms with Crippen LogP contribution in [0, 0.1) is 0 Å². The molecule has 0 saturated carbocycles. The van der Waals surface area contributed by atoms with Crippen LogP contribution in [0.3, 0.4) is 0 Å². The molecule has 0 aliphatic heterocycles. The minimum atomic E-state index is -1.31. The van der Waals surface area contributed by atoms with E-state index >= 15 is 0 Å². The summed E-state index contributed by atoms with van der Waals surface area (Å²) in [5, 5.41) is 19.5. The number of hydrogen-bond acceptors (Lipinski definition) is 4. The van der Waals surface area contributed by atoms with Crippen molar-refractivity contribution in [3.05, 3.63) is 29.8 Å². The van der Waals surface area contributed by atoms with Crippen LogP contribution in [0.2, 0.25) is 0 Å². The first kappa shape index (κ1) is 15.0. The minimum absolute atomic E-state index is 0.296. The van der Waals surface area contributed by atoms with E-state index in [2.05, 4.69) is 5.32 Å². The summed E-state index contributed by atoms with van der Waals surface area (Å²) in [7, 11) is 0. The van der Waals surface area contributed by atoms with Gasteiger partial charge in [0.25, 0.3) is 5.91 Å². The van der Waals surface area contributed by atoms with Gasteiger partial charge in [0.05, 0.1) is 6.61 Å². The lowest BCUT2D eigenvalue weighted by Crippen LogP contribution is -2.45. The molecule has 3 N–H and O–H groups in total. The van der Waals surface area contributed by atoms with Crippen LogP contribution in [-0.4, -0.2) is 41.3 Å². The maximum Gasteiger partial charge on any atom is 0.328 e. The summed E-state index contributed by atoms with van der Waals surface area (Å²) >= 11 is 0. The number of rotatable bonds is 7. The highest BCUT2D eigenvalue weighted by Crippen LogP contribution is 2.12. The second-order valence-electron chi connectivity index (χ2n) is 3.93. The van der Waals surface area contributed by atoms with E-state index in [-0.39, 0.29) is 6.61 Å². The van der Waals surface area contributed by atoms with E-state index in [4.69, 9.17) is 14.9 Å². The second kappa shape index (κ2) is 7.38. The van der Waals surface area contributed by atoms with Gasteiger partial charge in [-0.2, -0.15) is 0 Å². The maximum absolute atomic E-state index is 11.4. The fourth-order valence-corrected chi connectivity index (χ4v) is 1.39. The van der Waals surface area contributed by atoms with Crippen molar-refractivity contribution in [2.75, 3.05) is 13.2 Å². The third-order valence-electron chi connectivity index (χ3n) is 2.52. The Morgan fingerprint density at radius 1 is 1.32 bits per heavy atom. The number of hydrogen-bond donors (Lipinski definition) is 3. The zero-order chi connectivity index (χ0) is 14.3. The molecule has 0 aromatic heterocycles. The molecule has 1 aromatic rings. The number of carbonyl (C=O) groups excluding carboxylic acids is 1. The predicted molar refractivity (Wildman–Crippen MR) is 68.0 cm³/mol. The minimum Gasteiger partial charge on any atom is -0.484 e. The molecule has 6 nitrogen and oxygen atoms in total. The fraction of sp³-hybridized carbons (Fsp3) is 0.385. The number of aliphatic carboxylic acids is 1. The van der Waals surface area contributed by atoms with E-state index < -0.39 is 24.5 Å². The number of carboxylic acid groups (broad SMARTS) is 1. The molecule has 1 amide bonds. The van der Waals surface area contributed by atoms with Crippen molar-refractivity contribution in [1.82, 2.24) is 5.32 Å². The van der Waals surface area contributed by atoms with Crippen molar-refractivity contribution in [2.24, 2.45) is 0 Å². The van der Waals surface area contributed by atoms with Crippen molar-refractivity contribution in [3.8, 4) is 5.75 Å². The van der Waals surface area contributed by atoms with Gasteiger partial charge in [-0.3, -0.25) is 4.79 Å². The molecule has 0 fully saturated rings. The molecule has 104 valence electrons. The predicted octanol–water partition coefficient (Wildman–Crippen LogP) is 0.189. The third kappa shape index (κ3) is 4.97. The van der Waals surface area contributed by atoms with Crippen LogP contribution >= 0.6 is 0 Å². The van der Waals surface area contributed by atoms with Crippen LogP contribution < -0.4 is 10.1 Å². The van der Waals surface area contributed by atoms with Gasteiger partial charge in [-0.25, -0.2) is 4.79 Å². The molecular weight excluding hydrogens is 250 g/mol. The lowest BCUT2D eigenvalue weighted by molar-refractivity contribution is -0.143. The summed E-state index contributed by atoms with van der Waals surface area (Å²) in [4.78, 5) is 22.0. The number of ether oxygens (including phenoxy) is 1. The van der Waals surface area contributed by atoms with Gasteiger partial charge in [0, 0.05) is 0 Å². The summed E-state index contributed by atoms with van der Waals surface area (Å²) in [5.41, 5.74) is 1.16. The number of amides is 1. The van der Waals surface area contributed by atoms with Crippen molar-refractivity contribution in [2.45, 2.75) is 19.4 Å². The van der Waals surface area contributed by atoms with Crippen LogP contribution in [-0.2, 0) is 16.0 Å². The summed E-state index contributed by atoms with van der Waals surface area (Å²) in [6, 6.07) is 5.96. The monoisotopic (exact) mass is 267 g/mol. The summed E-state index contributed by atoms with van der Waals surface area (Å²) in [6.07, 6.45) is 0.914. The number of carbonyl (C=O) groups is 2. The number of nitrogens with one attached hydrogen (secondary N) is 1. The van der Waals surface area contributed by atoms with Crippen LogP contribution in [0.5, 0.6) is 5.75 Å². The maximum atomic E-state index is 11.4. The van der Waals surface area contributed by atoms with Gasteiger partial charge in [0.15, 0.2) is 6.61 Å². The highest BCUT2D eigenvalue weighted by atomic mass is 16.5. The van der Waals surface area contributed by atoms with E-state index in [1.54, 1.807) is 12.1 Å². The van der Waals surface area contributed by atoms with Gasteiger partial charge < -0.3 is 20.3 Å². The molecule has 0 bridgehead atoms. The molecule has 19 heavy (non-hydrogen) atoms. The van der Waals surface area contributed by atoms with Crippen molar-refractivity contribution in [1.29, 1.82) is 0 Å². The Labute approximate surface area is 111 Å². The van der Waals surface area contributed by atoms with Gasteiger partial charge in [0.2, 0.25) is 0 Å². The lowest BCUT2D eigenvalue weighted by atomic mass is 10.2. The third-order valence-corrected chi connectivity index (χ3v) is 2.52. The number of aliphatic hydroxyl groups excluding tert-OH is 1. The first-order chi connectivity index (χ1) is 9.06. The first-order valence-corrected chi connectivity index (χ1v) is 5.91. The Balaban J connectivity index is 2.42. The molecule has 0 aliphatic rings. The molecule has 1 rings (SSSR count). The van der Waals surface area contributed by atoms with E-state index in [9.17, 15) is 9.59 Å². The van der Waals surface area contributed by atoms with Crippen LogP contribution in [0.25, 0.3) is 0 Å². The molecule has 1 atom stereocenters. The largest absolute Gasteiger partial charge is 0.484 e. The molecule has 0 radical (unpaired) electrons. The van der Waals surface area contributed by atoms with Crippen molar-refractivity contribution >= 4 is 11.9 Å². The Kier molecular flexibility index (Phi) is 5.81. The van der Waals surface area contributed by atoms with E-state index in [1.165, 1.54) is 0 Å². The quantitative estimate of drug-likeness (QED) is 0.655. The molecule has 0 saturated heterocycles. The summed E-state index contributed by atoms with van der Waals surface area (Å²) in [6.45, 7) is 1.08. The summed E-state index contributed by atoms with van der Waals surface area (Å²) in [5.74, 6) is -1.35. The van der Waals surface area contributed by atoms with Crippen LogP contribution in [0.4, 0.5) is 0 Å². The highest BCUT2D eigenvalue weighted by Gasteiger charge is 2.18. The summed E-state index contributed by atoms with van der Waals surface area (Å²) < 4.78 is 5.21. The van der Waals surface area contributed by atoms with Crippen molar-refractivity contribution < 1.29 is 24.5 Å². The van der Waals surface area contributed by atoms with Crippen LogP contribution in [0.1, 0.15) is 12.5 Å². The normalized spacial score (nSPS) is 11.7. The molecule has 6 heteroatoms. The van der Waals surface area contributed by atoms with Gasteiger partial charge in [-0.05, 0) is 24.1 Å². The standard InChI is InChI=1S/C13H17NO5/c1-2-9-3-5-10(6-4-9)19-8-12(16)14-11(7-15)13(17)18/h3-6,11,15H,2,7-8H2,1H3,(H,14,16)(H,17,18)/t11-/m0/s1. The van der Waals surface area contributed by atoms with Crippen molar-refractivity contribution in [3.63, 3.8) is 0 Å². The van der Waals surface area contributed by atoms with Gasteiger partial charge in [-0.15, -0.1) is 0 Å². The molecule has 0 heterocycles. The second-order valence-corrected chi connectivity index (χ2v) is 3.93. The lowest BCUT2D eigenvalue weighted by Gasteiger charge is -2.12. The molecule has 0 aliphatic carbocycles. The average molecular weight is 267 g/mol. The Hall–Kier alpha value is -2.08. The molecule has 0 unspecified atom stereocenters. The van der Waals surface area contributed by atoms with E-state index in [0.29, 0.717) is 5.75 Å². The van der Waals surface area contributed by atoms with Crippen LogP contribution in [0.15, 0.2) is 24.3 Å². The Morgan fingerprint density at radius 2 is 1.95 bits per heavy atom. The SMILES string of the molecule is CCc1ccc(OCC(=O)N[C@@H](CO)C(=O)O)cc1. The van der Waals surface area contributed by atoms with E-state index in [1.807, 2.05) is 19.1 Å². The molecule has 1 aromatic carbocycles. The Bertz CT molecular complexity index is 429. The van der Waals surface area contributed by atoms with E-state index in [0.717, 1.165) is 12.0 Å². The highest BCUT2D eigenvalue weighted by molar-refractivity contribution is 5.84. The first-order valence-electron chi connectivity index (χ1n) is 5.91. The number of aryl methyl sites for hydroxylation is 1. The fourth-order valence-electron chi connectivity index (χ4n) is 1.39. The molecular formula is C13H17NO5. The molecule has 0 spiro atoms. The van der Waals surface area contributed by atoms with Gasteiger partial charge in [-0.1, -0.05) is 19.1 Å². The smallest absolute Gasteiger partial charge is 0.328 e. The van der Waals surface area contributed by atoms with Gasteiger partial charge in [0.1, 0.15) is 11.8 Å². The topological polar surface area (TPSA) is 95.9 Å². The average Bonchev–Trinajstić information content (AvgIpc) is 2.42.